The van der Waals surface area contributed by atoms with Gasteiger partial charge in [0.2, 0.25) is 0 Å². The number of hydrogen-bond donors (Lipinski definition) is 2. The third-order valence-corrected chi connectivity index (χ3v) is 3.25. The summed E-state index contributed by atoms with van der Waals surface area (Å²) in [4.78, 5) is 26.3. The second kappa shape index (κ2) is 7.27. The minimum absolute atomic E-state index is 0.0345. The van der Waals surface area contributed by atoms with Crippen molar-refractivity contribution in [3.8, 4) is 23.1 Å². The lowest BCUT2D eigenvalue weighted by Crippen LogP contribution is -2.18. The van der Waals surface area contributed by atoms with E-state index in [4.69, 9.17) is 10.00 Å². The number of amides is 1. The molecule has 0 radical (unpaired) electrons. The standard InChI is InChI=1S/C17H17N3O3/c1-3-8-23-15-7-5-11(16(21)19-2)9-13(15)14-6-4-12(10-18)17(22)20-14/h4-7,9H,3,8H2,1-2H3,(H,19,21)(H,20,22). The van der Waals surface area contributed by atoms with E-state index in [1.54, 1.807) is 31.3 Å². The second-order valence-corrected chi connectivity index (χ2v) is 4.87. The van der Waals surface area contributed by atoms with Gasteiger partial charge in [0.25, 0.3) is 11.5 Å². The number of ether oxygens (including phenoxy) is 1. The van der Waals surface area contributed by atoms with Gasteiger partial charge in [-0.05, 0) is 36.8 Å². The first-order valence-electron chi connectivity index (χ1n) is 7.23. The molecule has 1 amide bonds. The highest BCUT2D eigenvalue weighted by Crippen LogP contribution is 2.29. The van der Waals surface area contributed by atoms with Crippen LogP contribution in [0.5, 0.6) is 5.75 Å². The van der Waals surface area contributed by atoms with Crippen molar-refractivity contribution in [1.82, 2.24) is 10.3 Å². The zero-order valence-corrected chi connectivity index (χ0v) is 13.0. The summed E-state index contributed by atoms with van der Waals surface area (Å²) in [5.74, 6) is 0.337. The molecule has 0 aliphatic heterocycles. The normalized spacial score (nSPS) is 9.96. The lowest BCUT2D eigenvalue weighted by atomic mass is 10.0. The molecule has 2 aromatic rings. The first-order valence-corrected chi connectivity index (χ1v) is 7.23. The third kappa shape index (κ3) is 3.58. The van der Waals surface area contributed by atoms with E-state index in [-0.39, 0.29) is 11.5 Å². The van der Waals surface area contributed by atoms with E-state index < -0.39 is 5.56 Å². The van der Waals surface area contributed by atoms with E-state index in [2.05, 4.69) is 10.3 Å². The topological polar surface area (TPSA) is 95.0 Å². The van der Waals surface area contributed by atoms with Gasteiger partial charge in [-0.1, -0.05) is 6.92 Å². The fourth-order valence-corrected chi connectivity index (χ4v) is 2.08. The molecule has 1 aromatic carbocycles. The molecule has 0 aliphatic rings. The Morgan fingerprint density at radius 1 is 1.35 bits per heavy atom. The molecule has 0 unspecified atom stereocenters. The van der Waals surface area contributed by atoms with Crippen molar-refractivity contribution < 1.29 is 9.53 Å². The lowest BCUT2D eigenvalue weighted by Gasteiger charge is -2.12. The maximum absolute atomic E-state index is 11.8. The average Bonchev–Trinajstić information content (AvgIpc) is 2.59. The Morgan fingerprint density at radius 2 is 2.13 bits per heavy atom. The number of carbonyl (C=O) groups is 1. The van der Waals surface area contributed by atoms with Gasteiger partial charge in [0.05, 0.1) is 12.3 Å². The molecule has 0 bridgehead atoms. The molecular weight excluding hydrogens is 294 g/mol. The van der Waals surface area contributed by atoms with E-state index in [1.165, 1.54) is 6.07 Å². The highest BCUT2D eigenvalue weighted by molar-refractivity contribution is 5.95. The van der Waals surface area contributed by atoms with Crippen LogP contribution in [-0.2, 0) is 0 Å². The second-order valence-electron chi connectivity index (χ2n) is 4.87. The molecule has 2 N–H and O–H groups in total. The van der Waals surface area contributed by atoms with Crippen LogP contribution in [0.1, 0.15) is 29.3 Å². The number of carbonyl (C=O) groups excluding carboxylic acids is 1. The molecule has 1 aromatic heterocycles. The number of nitrogens with one attached hydrogen (secondary N) is 2. The van der Waals surface area contributed by atoms with Gasteiger partial charge in [-0.25, -0.2) is 0 Å². The number of H-pyrrole nitrogens is 1. The van der Waals surface area contributed by atoms with Crippen molar-refractivity contribution in [3.05, 3.63) is 51.8 Å². The Kier molecular flexibility index (Phi) is 5.15. The van der Waals surface area contributed by atoms with Crippen molar-refractivity contribution in [2.75, 3.05) is 13.7 Å². The van der Waals surface area contributed by atoms with Crippen LogP contribution in [-0.4, -0.2) is 24.5 Å². The fourth-order valence-electron chi connectivity index (χ4n) is 2.08. The summed E-state index contributed by atoms with van der Waals surface area (Å²) in [6, 6.07) is 9.91. The van der Waals surface area contributed by atoms with E-state index >= 15 is 0 Å². The van der Waals surface area contributed by atoms with E-state index in [9.17, 15) is 9.59 Å². The number of benzene rings is 1. The summed E-state index contributed by atoms with van der Waals surface area (Å²) in [5.41, 5.74) is 1.10. The maximum Gasteiger partial charge on any atom is 0.266 e. The number of pyridine rings is 1. The summed E-state index contributed by atoms with van der Waals surface area (Å²) >= 11 is 0. The van der Waals surface area contributed by atoms with Crippen LogP contribution in [0.2, 0.25) is 0 Å². The molecule has 0 saturated carbocycles. The number of nitrogens with zero attached hydrogens (tertiary/aromatic N) is 1. The van der Waals surface area contributed by atoms with E-state index in [1.807, 2.05) is 13.0 Å². The van der Waals surface area contributed by atoms with Crippen LogP contribution < -0.4 is 15.6 Å². The molecule has 6 heteroatoms. The van der Waals surface area contributed by atoms with Gasteiger partial charge in [0.15, 0.2) is 0 Å². The predicted molar refractivity (Wildman–Crippen MR) is 86.4 cm³/mol. The fraction of sp³-hybridized carbons (Fsp3) is 0.235. The minimum Gasteiger partial charge on any atom is -0.493 e. The smallest absolute Gasteiger partial charge is 0.266 e. The summed E-state index contributed by atoms with van der Waals surface area (Å²) in [5, 5.41) is 11.4. The van der Waals surface area contributed by atoms with Gasteiger partial charge in [0.1, 0.15) is 17.4 Å². The third-order valence-electron chi connectivity index (χ3n) is 3.25. The lowest BCUT2D eigenvalue weighted by molar-refractivity contribution is 0.0963. The highest BCUT2D eigenvalue weighted by Gasteiger charge is 2.13. The Morgan fingerprint density at radius 3 is 2.74 bits per heavy atom. The predicted octanol–water partition coefficient (Wildman–Crippen LogP) is 2.06. The molecule has 23 heavy (non-hydrogen) atoms. The van der Waals surface area contributed by atoms with Crippen LogP contribution in [0.4, 0.5) is 0 Å². The van der Waals surface area contributed by atoms with Crippen LogP contribution >= 0.6 is 0 Å². The molecule has 0 spiro atoms. The molecule has 2 rings (SSSR count). The van der Waals surface area contributed by atoms with Crippen LogP contribution in [0.25, 0.3) is 11.3 Å². The molecule has 0 aliphatic carbocycles. The van der Waals surface area contributed by atoms with Gasteiger partial charge in [-0.15, -0.1) is 0 Å². The van der Waals surface area contributed by atoms with Crippen molar-refractivity contribution in [3.63, 3.8) is 0 Å². The number of rotatable bonds is 5. The van der Waals surface area contributed by atoms with Crippen LogP contribution in [0.15, 0.2) is 35.1 Å². The van der Waals surface area contributed by atoms with Gasteiger partial charge in [0, 0.05) is 18.2 Å². The highest BCUT2D eigenvalue weighted by atomic mass is 16.5. The Bertz CT molecular complexity index is 819. The zero-order valence-electron chi connectivity index (χ0n) is 13.0. The zero-order chi connectivity index (χ0) is 16.8. The summed E-state index contributed by atoms with van der Waals surface area (Å²) < 4.78 is 5.69. The first kappa shape index (κ1) is 16.3. The molecular formula is C17H17N3O3. The average molecular weight is 311 g/mol. The van der Waals surface area contributed by atoms with Gasteiger partial charge >= 0.3 is 0 Å². The van der Waals surface area contributed by atoms with Gasteiger partial charge < -0.3 is 15.0 Å². The first-order chi connectivity index (χ1) is 11.1. The number of aromatic amines is 1. The SMILES string of the molecule is CCCOc1ccc(C(=O)NC)cc1-c1ccc(C#N)c(=O)[nH]1. The largest absolute Gasteiger partial charge is 0.493 e. The van der Waals surface area contributed by atoms with Crippen molar-refractivity contribution in [2.24, 2.45) is 0 Å². The Balaban J connectivity index is 2.56. The summed E-state index contributed by atoms with van der Waals surface area (Å²) in [6.45, 7) is 2.51. The summed E-state index contributed by atoms with van der Waals surface area (Å²) in [7, 11) is 1.55. The van der Waals surface area contributed by atoms with Gasteiger partial charge in [-0.2, -0.15) is 5.26 Å². The van der Waals surface area contributed by atoms with Gasteiger partial charge in [-0.3, -0.25) is 9.59 Å². The molecule has 6 nitrogen and oxygen atoms in total. The molecule has 118 valence electrons. The number of nitriles is 1. The minimum atomic E-state index is -0.475. The Labute approximate surface area is 133 Å². The Hall–Kier alpha value is -3.07. The molecule has 0 saturated heterocycles. The van der Waals surface area contributed by atoms with Crippen molar-refractivity contribution >= 4 is 5.91 Å². The molecule has 0 fully saturated rings. The summed E-state index contributed by atoms with van der Waals surface area (Å²) in [6.07, 6.45) is 0.834. The molecule has 0 atom stereocenters. The number of hydrogen-bond acceptors (Lipinski definition) is 4. The van der Waals surface area contributed by atoms with Crippen LogP contribution in [0.3, 0.4) is 0 Å². The monoisotopic (exact) mass is 311 g/mol. The van der Waals surface area contributed by atoms with E-state index in [0.29, 0.717) is 29.2 Å². The quantitative estimate of drug-likeness (QED) is 0.883. The number of aromatic nitrogens is 1. The maximum atomic E-state index is 11.8. The van der Waals surface area contributed by atoms with Crippen LogP contribution in [0, 0.1) is 11.3 Å². The van der Waals surface area contributed by atoms with E-state index in [0.717, 1.165) is 6.42 Å². The van der Waals surface area contributed by atoms with Crippen molar-refractivity contribution in [2.45, 2.75) is 13.3 Å². The molecule has 1 heterocycles. The van der Waals surface area contributed by atoms with Crippen molar-refractivity contribution in [1.29, 1.82) is 5.26 Å².